The van der Waals surface area contributed by atoms with Crippen LogP contribution in [0.25, 0.3) is 0 Å². The molecule has 0 aromatic heterocycles. The lowest BCUT2D eigenvalue weighted by molar-refractivity contribution is -0.137. The minimum atomic E-state index is -0.773. The summed E-state index contributed by atoms with van der Waals surface area (Å²) in [7, 11) is 0. The summed E-state index contributed by atoms with van der Waals surface area (Å²) in [5.74, 6) is -0.773. The first-order valence-electron chi connectivity index (χ1n) is 2.19. The molecule has 0 atom stereocenters. The van der Waals surface area contributed by atoms with Crippen molar-refractivity contribution in [3.8, 4) is 0 Å². The van der Waals surface area contributed by atoms with E-state index in [1.165, 1.54) is 0 Å². The molecular weight excluding hydrogens is 95.0 g/mol. The normalized spacial score (nSPS) is 8.71. The summed E-state index contributed by atoms with van der Waals surface area (Å²) in [6.07, 6.45) is 0.770. The highest BCUT2D eigenvalue weighted by Crippen LogP contribution is 1.82. The summed E-state index contributed by atoms with van der Waals surface area (Å²) in [6, 6.07) is 0. The fraction of sp³-hybridized carbons (Fsp3) is 0.750. The maximum Gasteiger partial charge on any atom is 0.303 e. The van der Waals surface area contributed by atoms with Crippen LogP contribution in [-0.4, -0.2) is 17.6 Å². The first-order valence-corrected chi connectivity index (χ1v) is 2.19. The summed E-state index contributed by atoms with van der Waals surface area (Å²) in [5, 5.41) is 7.99. The Morgan fingerprint density at radius 1 is 1.71 bits per heavy atom. The zero-order chi connectivity index (χ0) is 5.70. The molecule has 3 N–H and O–H groups in total. The molecule has 7 heavy (non-hydrogen) atoms. The fourth-order valence-electron chi connectivity index (χ4n) is 0.253. The maximum absolute atomic E-state index is 9.70. The second kappa shape index (κ2) is 3.61. The number of hydrogen-bond donors (Lipinski definition) is 2. The Kier molecular flexibility index (Phi) is 3.32. The molecule has 0 radical (unpaired) electrons. The SMILES string of the molecule is NCCC[13C](=O)O. The van der Waals surface area contributed by atoms with Gasteiger partial charge in [-0.15, -0.1) is 0 Å². The van der Waals surface area contributed by atoms with Crippen molar-refractivity contribution < 1.29 is 9.90 Å². The van der Waals surface area contributed by atoms with Crippen molar-refractivity contribution in [2.45, 2.75) is 12.8 Å². The zero-order valence-electron chi connectivity index (χ0n) is 4.05. The topological polar surface area (TPSA) is 63.3 Å². The highest BCUT2D eigenvalue weighted by molar-refractivity contribution is 5.66. The lowest BCUT2D eigenvalue weighted by Crippen LogP contribution is -2.02. The van der Waals surface area contributed by atoms with Gasteiger partial charge in [-0.1, -0.05) is 0 Å². The smallest absolute Gasteiger partial charge is 0.303 e. The van der Waals surface area contributed by atoms with Crippen LogP contribution in [-0.2, 0) is 4.79 Å². The van der Waals surface area contributed by atoms with Crippen molar-refractivity contribution in [1.29, 1.82) is 0 Å². The van der Waals surface area contributed by atoms with Gasteiger partial charge in [0.15, 0.2) is 0 Å². The molecule has 0 aromatic carbocycles. The number of carbonyl (C=O) groups is 1. The van der Waals surface area contributed by atoms with Gasteiger partial charge in [-0.2, -0.15) is 0 Å². The van der Waals surface area contributed by atoms with Crippen molar-refractivity contribution in [3.63, 3.8) is 0 Å². The van der Waals surface area contributed by atoms with Crippen molar-refractivity contribution >= 4 is 5.97 Å². The van der Waals surface area contributed by atoms with Gasteiger partial charge in [0.1, 0.15) is 0 Å². The molecule has 0 spiro atoms. The van der Waals surface area contributed by atoms with E-state index >= 15 is 0 Å². The van der Waals surface area contributed by atoms with Crippen LogP contribution in [0.4, 0.5) is 0 Å². The minimum Gasteiger partial charge on any atom is -0.481 e. The van der Waals surface area contributed by atoms with Crippen molar-refractivity contribution in [3.05, 3.63) is 0 Å². The Balaban J connectivity index is 2.82. The molecule has 0 aliphatic carbocycles. The number of hydrogen-bond acceptors (Lipinski definition) is 2. The van der Waals surface area contributed by atoms with Crippen LogP contribution in [0.5, 0.6) is 0 Å². The van der Waals surface area contributed by atoms with Crippen molar-refractivity contribution in [2.24, 2.45) is 5.73 Å². The number of rotatable bonds is 3. The monoisotopic (exact) mass is 104 g/mol. The molecule has 0 heterocycles. The summed E-state index contributed by atoms with van der Waals surface area (Å²) in [5.41, 5.74) is 5.01. The second-order valence-corrected chi connectivity index (χ2v) is 1.29. The van der Waals surface area contributed by atoms with Crippen LogP contribution in [0.3, 0.4) is 0 Å². The standard InChI is InChI=1S/C4H9NO2/c5-3-1-2-4(6)7/h1-3,5H2,(H,6,7)/i4+1. The molecule has 0 unspecified atom stereocenters. The van der Waals surface area contributed by atoms with Crippen LogP contribution in [0.15, 0.2) is 0 Å². The first kappa shape index (κ1) is 6.43. The van der Waals surface area contributed by atoms with E-state index in [-0.39, 0.29) is 6.42 Å². The molecular formula is C4H9NO2. The molecule has 0 fully saturated rings. The van der Waals surface area contributed by atoms with Crippen molar-refractivity contribution in [1.82, 2.24) is 0 Å². The Hall–Kier alpha value is -0.570. The van der Waals surface area contributed by atoms with Gasteiger partial charge < -0.3 is 10.8 Å². The Morgan fingerprint density at radius 3 is 2.43 bits per heavy atom. The van der Waals surface area contributed by atoms with Gasteiger partial charge in [-0.3, -0.25) is 4.79 Å². The van der Waals surface area contributed by atoms with E-state index in [4.69, 9.17) is 10.8 Å². The summed E-state index contributed by atoms with van der Waals surface area (Å²) in [6.45, 7) is 0.465. The molecule has 3 heteroatoms. The molecule has 0 rings (SSSR count). The highest BCUT2D eigenvalue weighted by atomic mass is 16.5. The predicted octanol–water partition coefficient (Wildman–Crippen LogP) is -0.190. The Morgan fingerprint density at radius 2 is 2.29 bits per heavy atom. The lowest BCUT2D eigenvalue weighted by atomic mass is 10.4. The molecule has 3 nitrogen and oxygen atoms in total. The average molecular weight is 104 g/mol. The van der Waals surface area contributed by atoms with Gasteiger partial charge in [0.2, 0.25) is 0 Å². The van der Waals surface area contributed by atoms with Gasteiger partial charge in [0, 0.05) is 6.42 Å². The molecule has 0 amide bonds. The van der Waals surface area contributed by atoms with Crippen LogP contribution < -0.4 is 5.73 Å². The molecule has 0 saturated heterocycles. The summed E-state index contributed by atoms with van der Waals surface area (Å²) in [4.78, 5) is 9.70. The Bertz CT molecular complexity index is 62.7. The third kappa shape index (κ3) is 5.43. The molecule has 0 aromatic rings. The van der Waals surface area contributed by atoms with Crippen LogP contribution in [0.2, 0.25) is 0 Å². The van der Waals surface area contributed by atoms with Gasteiger partial charge in [0.05, 0.1) is 0 Å². The largest absolute Gasteiger partial charge is 0.481 e. The van der Waals surface area contributed by atoms with Crippen LogP contribution in [0.1, 0.15) is 12.8 Å². The molecule has 0 aliphatic heterocycles. The van der Waals surface area contributed by atoms with E-state index in [1.807, 2.05) is 0 Å². The van der Waals surface area contributed by atoms with E-state index < -0.39 is 5.97 Å². The van der Waals surface area contributed by atoms with E-state index in [2.05, 4.69) is 0 Å². The molecule has 42 valence electrons. The summed E-state index contributed by atoms with van der Waals surface area (Å²) >= 11 is 0. The van der Waals surface area contributed by atoms with Gasteiger partial charge >= 0.3 is 5.97 Å². The average Bonchev–Trinajstić information content (AvgIpc) is 1.61. The van der Waals surface area contributed by atoms with E-state index in [0.29, 0.717) is 13.0 Å². The molecule has 0 bridgehead atoms. The van der Waals surface area contributed by atoms with Gasteiger partial charge in [-0.25, -0.2) is 0 Å². The Labute approximate surface area is 42.1 Å². The second-order valence-electron chi connectivity index (χ2n) is 1.29. The molecule has 0 saturated carbocycles. The summed E-state index contributed by atoms with van der Waals surface area (Å²) < 4.78 is 0. The fourth-order valence-corrected chi connectivity index (χ4v) is 0.253. The third-order valence-electron chi connectivity index (χ3n) is 0.595. The minimum absolute atomic E-state index is 0.191. The zero-order valence-corrected chi connectivity index (χ0v) is 4.05. The van der Waals surface area contributed by atoms with Crippen LogP contribution >= 0.6 is 0 Å². The molecule has 0 aliphatic rings. The van der Waals surface area contributed by atoms with E-state index in [1.54, 1.807) is 0 Å². The third-order valence-corrected chi connectivity index (χ3v) is 0.595. The van der Waals surface area contributed by atoms with Crippen LogP contribution in [0, 0.1) is 0 Å². The number of carboxylic acid groups (broad SMARTS) is 1. The maximum atomic E-state index is 9.70. The quantitative estimate of drug-likeness (QED) is 0.488. The van der Waals surface area contributed by atoms with E-state index in [0.717, 1.165) is 0 Å². The number of nitrogens with two attached hydrogens (primary N) is 1. The van der Waals surface area contributed by atoms with Crippen molar-refractivity contribution in [2.75, 3.05) is 6.54 Å². The van der Waals surface area contributed by atoms with E-state index in [9.17, 15) is 4.79 Å². The highest BCUT2D eigenvalue weighted by Gasteiger charge is 1.91. The number of carboxylic acids is 1. The predicted molar refractivity (Wildman–Crippen MR) is 25.9 cm³/mol. The number of aliphatic carboxylic acids is 1. The van der Waals surface area contributed by atoms with Gasteiger partial charge in [-0.05, 0) is 13.0 Å². The first-order chi connectivity index (χ1) is 3.27. The lowest BCUT2D eigenvalue weighted by Gasteiger charge is -1.86. The van der Waals surface area contributed by atoms with Gasteiger partial charge in [0.25, 0.3) is 0 Å².